The lowest BCUT2D eigenvalue weighted by Crippen LogP contribution is -2.26. The maximum atomic E-state index is 3.67. The molecule has 1 heterocycles. The first kappa shape index (κ1) is 12.2. The van der Waals surface area contributed by atoms with Crippen molar-refractivity contribution < 1.29 is 0 Å². The second kappa shape index (κ2) is 5.41. The Morgan fingerprint density at radius 1 is 1.35 bits per heavy atom. The van der Waals surface area contributed by atoms with Crippen molar-refractivity contribution in [1.29, 1.82) is 0 Å². The van der Waals surface area contributed by atoms with Crippen LogP contribution in [0.25, 0.3) is 0 Å². The molecule has 1 saturated heterocycles. The summed E-state index contributed by atoms with van der Waals surface area (Å²) in [6.07, 6.45) is 1.25. The van der Waals surface area contributed by atoms with Crippen LogP contribution in [0.2, 0.25) is 0 Å². The molecule has 0 saturated carbocycles. The second-order valence-corrected chi connectivity index (χ2v) is 4.93. The van der Waals surface area contributed by atoms with E-state index >= 15 is 0 Å². The third kappa shape index (κ3) is 2.91. The summed E-state index contributed by atoms with van der Waals surface area (Å²) in [4.78, 5) is 4.66. The molecule has 0 aromatic heterocycles. The molecule has 3 heteroatoms. The van der Waals surface area contributed by atoms with Crippen molar-refractivity contribution in [2.45, 2.75) is 19.4 Å². The quantitative estimate of drug-likeness (QED) is 0.860. The van der Waals surface area contributed by atoms with Gasteiger partial charge in [-0.3, -0.25) is 0 Å². The zero-order valence-corrected chi connectivity index (χ0v) is 11.1. The molecule has 1 unspecified atom stereocenters. The fourth-order valence-electron chi connectivity index (χ4n) is 2.44. The Labute approximate surface area is 104 Å². The van der Waals surface area contributed by atoms with E-state index in [9.17, 15) is 0 Å². The molecule has 0 radical (unpaired) electrons. The molecule has 2 rings (SSSR count). The summed E-state index contributed by atoms with van der Waals surface area (Å²) in [6, 6.07) is 9.12. The number of hydrogen-bond donors (Lipinski definition) is 1. The van der Waals surface area contributed by atoms with Crippen molar-refractivity contribution in [2.75, 3.05) is 43.9 Å². The lowest BCUT2D eigenvalue weighted by atomic mass is 10.2. The van der Waals surface area contributed by atoms with Gasteiger partial charge in [0.25, 0.3) is 0 Å². The van der Waals surface area contributed by atoms with Gasteiger partial charge in [0.05, 0.1) is 11.4 Å². The third-order valence-electron chi connectivity index (χ3n) is 3.47. The first-order valence-corrected chi connectivity index (χ1v) is 6.46. The first-order valence-electron chi connectivity index (χ1n) is 6.46. The standard InChI is InChI=1S/C14H23N3/c1-4-17-10-9-12(11-17)15-13-7-5-6-8-14(13)16(2)3/h5-8,12,15H,4,9-11H2,1-3H3. The molecule has 1 N–H and O–H groups in total. The predicted octanol–water partition coefficient (Wildman–Crippen LogP) is 2.26. The minimum absolute atomic E-state index is 0.594. The van der Waals surface area contributed by atoms with Crippen molar-refractivity contribution in [3.8, 4) is 0 Å². The van der Waals surface area contributed by atoms with Gasteiger partial charge in [0, 0.05) is 33.2 Å². The molecule has 0 aliphatic carbocycles. The lowest BCUT2D eigenvalue weighted by Gasteiger charge is -2.21. The molecule has 1 aromatic carbocycles. The molecule has 17 heavy (non-hydrogen) atoms. The molecule has 0 amide bonds. The Kier molecular flexibility index (Phi) is 3.89. The van der Waals surface area contributed by atoms with E-state index < -0.39 is 0 Å². The number of rotatable bonds is 4. The Morgan fingerprint density at radius 2 is 2.12 bits per heavy atom. The fourth-order valence-corrected chi connectivity index (χ4v) is 2.44. The van der Waals surface area contributed by atoms with Gasteiger partial charge in [-0.1, -0.05) is 19.1 Å². The van der Waals surface area contributed by atoms with E-state index in [1.807, 2.05) is 0 Å². The van der Waals surface area contributed by atoms with Crippen LogP contribution < -0.4 is 10.2 Å². The van der Waals surface area contributed by atoms with E-state index in [1.165, 1.54) is 24.3 Å². The topological polar surface area (TPSA) is 18.5 Å². The number of para-hydroxylation sites is 2. The highest BCUT2D eigenvalue weighted by Crippen LogP contribution is 2.25. The van der Waals surface area contributed by atoms with E-state index in [0.717, 1.165) is 13.1 Å². The van der Waals surface area contributed by atoms with Gasteiger partial charge in [-0.15, -0.1) is 0 Å². The third-order valence-corrected chi connectivity index (χ3v) is 3.47. The maximum Gasteiger partial charge on any atom is 0.0596 e. The van der Waals surface area contributed by atoms with Gasteiger partial charge >= 0.3 is 0 Å². The minimum atomic E-state index is 0.594. The largest absolute Gasteiger partial charge is 0.379 e. The van der Waals surface area contributed by atoms with Crippen LogP contribution in [-0.4, -0.2) is 44.7 Å². The second-order valence-electron chi connectivity index (χ2n) is 4.93. The van der Waals surface area contributed by atoms with Crippen LogP contribution in [0, 0.1) is 0 Å². The van der Waals surface area contributed by atoms with Gasteiger partial charge in [-0.05, 0) is 25.1 Å². The number of benzene rings is 1. The molecule has 1 fully saturated rings. The summed E-state index contributed by atoms with van der Waals surface area (Å²) in [5.74, 6) is 0. The molecular weight excluding hydrogens is 210 g/mol. The average Bonchev–Trinajstić information content (AvgIpc) is 2.77. The maximum absolute atomic E-state index is 3.67. The molecule has 3 nitrogen and oxygen atoms in total. The Morgan fingerprint density at radius 3 is 2.76 bits per heavy atom. The number of likely N-dealkylation sites (tertiary alicyclic amines) is 1. The molecule has 1 aliphatic heterocycles. The SMILES string of the molecule is CCN1CCC(Nc2ccccc2N(C)C)C1. The summed E-state index contributed by atoms with van der Waals surface area (Å²) in [7, 11) is 4.18. The molecule has 1 aliphatic rings. The van der Waals surface area contributed by atoms with Gasteiger partial charge < -0.3 is 15.1 Å². The predicted molar refractivity (Wildman–Crippen MR) is 74.9 cm³/mol. The van der Waals surface area contributed by atoms with Gasteiger partial charge in [0.2, 0.25) is 0 Å². The average molecular weight is 233 g/mol. The highest BCUT2D eigenvalue weighted by molar-refractivity contribution is 5.69. The number of hydrogen-bond acceptors (Lipinski definition) is 3. The Hall–Kier alpha value is -1.22. The monoisotopic (exact) mass is 233 g/mol. The summed E-state index contributed by atoms with van der Waals surface area (Å²) < 4.78 is 0. The molecule has 94 valence electrons. The molecule has 0 bridgehead atoms. The van der Waals surface area contributed by atoms with Crippen LogP contribution in [0.15, 0.2) is 24.3 Å². The highest BCUT2D eigenvalue weighted by Gasteiger charge is 2.21. The van der Waals surface area contributed by atoms with Crippen LogP contribution in [0.5, 0.6) is 0 Å². The molecule has 0 spiro atoms. The van der Waals surface area contributed by atoms with Crippen LogP contribution in [0.4, 0.5) is 11.4 Å². The number of likely N-dealkylation sites (N-methyl/N-ethyl adjacent to an activating group) is 1. The van der Waals surface area contributed by atoms with E-state index in [-0.39, 0.29) is 0 Å². The van der Waals surface area contributed by atoms with Crippen LogP contribution >= 0.6 is 0 Å². The van der Waals surface area contributed by atoms with Gasteiger partial charge in [0.1, 0.15) is 0 Å². The van der Waals surface area contributed by atoms with Gasteiger partial charge in [-0.2, -0.15) is 0 Å². The smallest absolute Gasteiger partial charge is 0.0596 e. The van der Waals surface area contributed by atoms with Crippen molar-refractivity contribution in [2.24, 2.45) is 0 Å². The number of nitrogens with one attached hydrogen (secondary N) is 1. The number of nitrogens with zero attached hydrogens (tertiary/aromatic N) is 2. The van der Waals surface area contributed by atoms with E-state index in [2.05, 4.69) is 60.4 Å². The number of anilines is 2. The highest BCUT2D eigenvalue weighted by atomic mass is 15.2. The van der Waals surface area contributed by atoms with Crippen molar-refractivity contribution in [3.05, 3.63) is 24.3 Å². The van der Waals surface area contributed by atoms with Crippen molar-refractivity contribution in [1.82, 2.24) is 4.90 Å². The first-order chi connectivity index (χ1) is 8.20. The van der Waals surface area contributed by atoms with Crippen molar-refractivity contribution >= 4 is 11.4 Å². The summed E-state index contributed by atoms with van der Waals surface area (Å²) in [5.41, 5.74) is 2.52. The normalized spacial score (nSPS) is 20.5. The van der Waals surface area contributed by atoms with E-state index in [0.29, 0.717) is 6.04 Å². The lowest BCUT2D eigenvalue weighted by molar-refractivity contribution is 0.356. The van der Waals surface area contributed by atoms with E-state index in [1.54, 1.807) is 0 Å². The zero-order chi connectivity index (χ0) is 12.3. The Bertz CT molecular complexity index is 362. The summed E-state index contributed by atoms with van der Waals surface area (Å²) >= 11 is 0. The van der Waals surface area contributed by atoms with Gasteiger partial charge in [0.15, 0.2) is 0 Å². The van der Waals surface area contributed by atoms with Crippen LogP contribution in [0.1, 0.15) is 13.3 Å². The minimum Gasteiger partial charge on any atom is -0.379 e. The van der Waals surface area contributed by atoms with Crippen LogP contribution in [0.3, 0.4) is 0 Å². The summed E-state index contributed by atoms with van der Waals surface area (Å²) in [5, 5.41) is 3.67. The fraction of sp³-hybridized carbons (Fsp3) is 0.571. The van der Waals surface area contributed by atoms with Crippen LogP contribution in [-0.2, 0) is 0 Å². The van der Waals surface area contributed by atoms with E-state index in [4.69, 9.17) is 0 Å². The molecule has 1 aromatic rings. The Balaban J connectivity index is 2.04. The molecule has 1 atom stereocenters. The van der Waals surface area contributed by atoms with Crippen molar-refractivity contribution in [3.63, 3.8) is 0 Å². The molecular formula is C14H23N3. The summed E-state index contributed by atoms with van der Waals surface area (Å²) in [6.45, 7) is 5.78. The van der Waals surface area contributed by atoms with Gasteiger partial charge in [-0.25, -0.2) is 0 Å². The zero-order valence-electron chi connectivity index (χ0n) is 11.1.